The molecule has 1 rings (SSSR count). The summed E-state index contributed by atoms with van der Waals surface area (Å²) in [6.07, 6.45) is 0.962. The molecule has 1 fully saturated rings. The Morgan fingerprint density at radius 1 is 1.17 bits per heavy atom. The van der Waals surface area contributed by atoms with E-state index >= 15 is 0 Å². The smallest absolute Gasteiger partial charge is 0.0837 e. The quantitative estimate of drug-likeness (QED) is 0.653. The average molecular weight is 172 g/mol. The first-order valence-corrected chi connectivity index (χ1v) is 4.91. The lowest BCUT2D eigenvalue weighted by Crippen LogP contribution is -2.47. The Kier molecular flexibility index (Phi) is 3.13. The highest BCUT2D eigenvalue weighted by molar-refractivity contribution is 4.85. The van der Waals surface area contributed by atoms with E-state index in [0.717, 1.165) is 6.42 Å². The van der Waals surface area contributed by atoms with Crippen LogP contribution in [0, 0.1) is 11.8 Å². The molecule has 12 heavy (non-hydrogen) atoms. The number of aliphatic hydroxyl groups is 1. The molecule has 0 aromatic carbocycles. The van der Waals surface area contributed by atoms with Crippen LogP contribution >= 0.6 is 0 Å². The zero-order valence-corrected chi connectivity index (χ0v) is 8.45. The topological polar surface area (TPSA) is 29.5 Å². The van der Waals surface area contributed by atoms with Gasteiger partial charge in [0.25, 0.3) is 0 Å². The molecule has 72 valence electrons. The maximum Gasteiger partial charge on any atom is 0.0837 e. The van der Waals surface area contributed by atoms with Gasteiger partial charge in [0, 0.05) is 0 Å². The molecule has 2 heteroatoms. The van der Waals surface area contributed by atoms with Crippen molar-refractivity contribution >= 4 is 0 Å². The standard InChI is InChI=1S/C10H20O2/c1-5-9-10(11)7(3)6(2)8(4)12-9/h6-11H,5H2,1-4H3/t6-,7-,8+,9+,10-/m0/s1. The normalized spacial score (nSPS) is 49.2. The van der Waals surface area contributed by atoms with Crippen LogP contribution in [0.5, 0.6) is 0 Å². The third-order valence-electron chi connectivity index (χ3n) is 3.28. The highest BCUT2D eigenvalue weighted by Gasteiger charge is 2.37. The maximum atomic E-state index is 9.80. The molecule has 2 nitrogen and oxygen atoms in total. The van der Waals surface area contributed by atoms with Crippen LogP contribution in [-0.4, -0.2) is 23.4 Å². The van der Waals surface area contributed by atoms with Gasteiger partial charge in [-0.1, -0.05) is 20.8 Å². The van der Waals surface area contributed by atoms with Crippen molar-refractivity contribution in [3.63, 3.8) is 0 Å². The third-order valence-corrected chi connectivity index (χ3v) is 3.28. The molecule has 0 amide bonds. The van der Waals surface area contributed by atoms with Crippen molar-refractivity contribution in [2.45, 2.75) is 52.4 Å². The highest BCUT2D eigenvalue weighted by Crippen LogP contribution is 2.31. The summed E-state index contributed by atoms with van der Waals surface area (Å²) in [5.74, 6) is 0.821. The SMILES string of the molecule is CC[C@H]1O[C@H](C)[C@@H](C)[C@H](C)[C@@H]1O. The zero-order valence-electron chi connectivity index (χ0n) is 8.45. The van der Waals surface area contributed by atoms with E-state index in [4.69, 9.17) is 4.74 Å². The Morgan fingerprint density at radius 2 is 1.75 bits per heavy atom. The van der Waals surface area contributed by atoms with Crippen LogP contribution in [-0.2, 0) is 4.74 Å². The Bertz CT molecular complexity index is 142. The van der Waals surface area contributed by atoms with Crippen LogP contribution in [0.4, 0.5) is 0 Å². The zero-order chi connectivity index (χ0) is 9.30. The van der Waals surface area contributed by atoms with E-state index in [2.05, 4.69) is 27.7 Å². The number of aliphatic hydroxyl groups excluding tert-OH is 1. The van der Waals surface area contributed by atoms with E-state index < -0.39 is 0 Å². The summed E-state index contributed by atoms with van der Waals surface area (Å²) in [5.41, 5.74) is 0. The molecule has 1 aliphatic heterocycles. The number of hydrogen-bond acceptors (Lipinski definition) is 2. The molecule has 0 unspecified atom stereocenters. The van der Waals surface area contributed by atoms with Crippen molar-refractivity contribution < 1.29 is 9.84 Å². The molecule has 5 atom stereocenters. The summed E-state index contributed by atoms with van der Waals surface area (Å²) in [6.45, 7) is 8.40. The minimum Gasteiger partial charge on any atom is -0.390 e. The molecule has 0 bridgehead atoms. The van der Waals surface area contributed by atoms with Gasteiger partial charge in [-0.15, -0.1) is 0 Å². The van der Waals surface area contributed by atoms with Crippen molar-refractivity contribution in [3.05, 3.63) is 0 Å². The minimum atomic E-state index is -0.277. The molecule has 0 saturated carbocycles. The Labute approximate surface area is 74.9 Å². The summed E-state index contributed by atoms with van der Waals surface area (Å²) >= 11 is 0. The van der Waals surface area contributed by atoms with Crippen molar-refractivity contribution in [2.75, 3.05) is 0 Å². The van der Waals surface area contributed by atoms with Crippen LogP contribution in [0.2, 0.25) is 0 Å². The van der Waals surface area contributed by atoms with Crippen molar-refractivity contribution in [3.8, 4) is 0 Å². The van der Waals surface area contributed by atoms with E-state index in [0.29, 0.717) is 11.8 Å². The van der Waals surface area contributed by atoms with Crippen molar-refractivity contribution in [1.82, 2.24) is 0 Å². The first-order valence-electron chi connectivity index (χ1n) is 4.91. The fraction of sp³-hybridized carbons (Fsp3) is 1.00. The van der Waals surface area contributed by atoms with Crippen LogP contribution in [0.1, 0.15) is 34.1 Å². The summed E-state index contributed by atoms with van der Waals surface area (Å²) in [6, 6.07) is 0. The maximum absolute atomic E-state index is 9.80. The predicted molar refractivity (Wildman–Crippen MR) is 49.0 cm³/mol. The minimum absolute atomic E-state index is 0.0474. The highest BCUT2D eigenvalue weighted by atomic mass is 16.5. The number of rotatable bonds is 1. The summed E-state index contributed by atoms with van der Waals surface area (Å²) < 4.78 is 5.68. The second-order valence-corrected chi connectivity index (χ2v) is 4.00. The fourth-order valence-electron chi connectivity index (χ4n) is 1.89. The average Bonchev–Trinajstić information content (AvgIpc) is 2.08. The summed E-state index contributed by atoms with van der Waals surface area (Å²) in [5, 5.41) is 9.80. The van der Waals surface area contributed by atoms with Crippen molar-refractivity contribution in [1.29, 1.82) is 0 Å². The van der Waals surface area contributed by atoms with Gasteiger partial charge < -0.3 is 9.84 Å². The Morgan fingerprint density at radius 3 is 2.25 bits per heavy atom. The van der Waals surface area contributed by atoms with E-state index in [1.165, 1.54) is 0 Å². The first-order chi connectivity index (χ1) is 5.57. The van der Waals surface area contributed by atoms with Gasteiger partial charge in [0.1, 0.15) is 0 Å². The molecular weight excluding hydrogens is 152 g/mol. The molecule has 0 aliphatic carbocycles. The summed E-state index contributed by atoms with van der Waals surface area (Å²) in [7, 11) is 0. The second-order valence-electron chi connectivity index (χ2n) is 4.00. The van der Waals surface area contributed by atoms with Gasteiger partial charge in [-0.3, -0.25) is 0 Å². The second kappa shape index (κ2) is 3.75. The molecular formula is C10H20O2. The predicted octanol–water partition coefficient (Wildman–Crippen LogP) is 1.82. The van der Waals surface area contributed by atoms with Gasteiger partial charge in [0.15, 0.2) is 0 Å². The molecule has 0 aromatic heterocycles. The van der Waals surface area contributed by atoms with Gasteiger partial charge in [-0.25, -0.2) is 0 Å². The molecule has 0 spiro atoms. The van der Waals surface area contributed by atoms with Crippen molar-refractivity contribution in [2.24, 2.45) is 11.8 Å². The van der Waals surface area contributed by atoms with Gasteiger partial charge in [-0.05, 0) is 25.2 Å². The van der Waals surface area contributed by atoms with Crippen LogP contribution in [0.25, 0.3) is 0 Å². The fourth-order valence-corrected chi connectivity index (χ4v) is 1.89. The third kappa shape index (κ3) is 1.64. The largest absolute Gasteiger partial charge is 0.390 e. The number of ether oxygens (including phenoxy) is 1. The lowest BCUT2D eigenvalue weighted by Gasteiger charge is -2.41. The van der Waals surface area contributed by atoms with Crippen LogP contribution < -0.4 is 0 Å². The molecule has 1 saturated heterocycles. The van der Waals surface area contributed by atoms with E-state index in [-0.39, 0.29) is 18.3 Å². The van der Waals surface area contributed by atoms with Crippen LogP contribution in [0.15, 0.2) is 0 Å². The lowest BCUT2D eigenvalue weighted by molar-refractivity contribution is -0.162. The lowest BCUT2D eigenvalue weighted by atomic mass is 9.81. The van der Waals surface area contributed by atoms with Crippen LogP contribution in [0.3, 0.4) is 0 Å². The monoisotopic (exact) mass is 172 g/mol. The molecule has 1 N–H and O–H groups in total. The van der Waals surface area contributed by atoms with E-state index in [1.807, 2.05) is 0 Å². The molecule has 0 aromatic rings. The first kappa shape index (κ1) is 10.0. The van der Waals surface area contributed by atoms with E-state index in [1.54, 1.807) is 0 Å². The van der Waals surface area contributed by atoms with E-state index in [9.17, 15) is 5.11 Å². The Hall–Kier alpha value is -0.0800. The van der Waals surface area contributed by atoms with Gasteiger partial charge >= 0.3 is 0 Å². The molecule has 0 radical (unpaired) electrons. The molecule has 1 aliphatic rings. The summed E-state index contributed by atoms with van der Waals surface area (Å²) in [4.78, 5) is 0. The van der Waals surface area contributed by atoms with Gasteiger partial charge in [0.05, 0.1) is 18.3 Å². The Balaban J connectivity index is 2.63. The van der Waals surface area contributed by atoms with Gasteiger partial charge in [-0.2, -0.15) is 0 Å². The number of hydrogen-bond donors (Lipinski definition) is 1. The van der Waals surface area contributed by atoms with Gasteiger partial charge in [0.2, 0.25) is 0 Å². The molecule has 1 heterocycles.